The van der Waals surface area contributed by atoms with Gasteiger partial charge in [0.2, 0.25) is 11.6 Å². The largest absolute Gasteiger partial charge is 0.330 e. The Kier molecular flexibility index (Phi) is 2.33. The smallest absolute Gasteiger partial charge is 0.294 e. The lowest BCUT2D eigenvalue weighted by Gasteiger charge is -1.94. The number of benzene rings is 1. The van der Waals surface area contributed by atoms with E-state index in [1.54, 1.807) is 0 Å². The minimum absolute atomic E-state index is 0.0468. The molecule has 4 nitrogen and oxygen atoms in total. The molecule has 0 N–H and O–H groups in total. The number of hydrogen-bond donors (Lipinski definition) is 0. The van der Waals surface area contributed by atoms with Crippen LogP contribution in [0.3, 0.4) is 0 Å². The molecular formula is C11H10N2O2. The zero-order chi connectivity index (χ0) is 10.8. The zero-order valence-electron chi connectivity index (χ0n) is 8.52. The van der Waals surface area contributed by atoms with E-state index < -0.39 is 0 Å². The summed E-state index contributed by atoms with van der Waals surface area (Å²) in [5, 5.41) is 3.73. The highest BCUT2D eigenvalue weighted by molar-refractivity contribution is 5.89. The molecule has 1 aromatic heterocycles. The summed E-state index contributed by atoms with van der Waals surface area (Å²) in [6.07, 6.45) is 0. The molecule has 0 aliphatic carbocycles. The Morgan fingerprint density at radius 3 is 2.47 bits per heavy atom. The molecule has 2 aromatic rings. The first-order chi connectivity index (χ1) is 7.16. The van der Waals surface area contributed by atoms with E-state index in [9.17, 15) is 4.79 Å². The van der Waals surface area contributed by atoms with E-state index in [0.29, 0.717) is 5.82 Å². The van der Waals surface area contributed by atoms with Gasteiger partial charge in [-0.05, 0) is 6.92 Å². The maximum absolute atomic E-state index is 10.9. The molecule has 1 aromatic carbocycles. The molecule has 15 heavy (non-hydrogen) atoms. The minimum Gasteiger partial charge on any atom is -0.330 e. The zero-order valence-corrected chi connectivity index (χ0v) is 8.52. The number of carbonyl (C=O) groups excluding carboxylic acids is 1. The van der Waals surface area contributed by atoms with Crippen molar-refractivity contribution in [3.05, 3.63) is 35.7 Å². The van der Waals surface area contributed by atoms with E-state index in [4.69, 9.17) is 4.52 Å². The molecular weight excluding hydrogens is 192 g/mol. The third-order valence-corrected chi connectivity index (χ3v) is 2.04. The average Bonchev–Trinajstić information content (AvgIpc) is 2.68. The van der Waals surface area contributed by atoms with Crippen molar-refractivity contribution in [1.29, 1.82) is 0 Å². The number of aromatic nitrogens is 2. The molecule has 0 saturated heterocycles. The van der Waals surface area contributed by atoms with Gasteiger partial charge in [0.05, 0.1) is 0 Å². The summed E-state index contributed by atoms with van der Waals surface area (Å²) >= 11 is 0. The second-order valence-electron chi connectivity index (χ2n) is 3.35. The lowest BCUT2D eigenvalue weighted by Crippen LogP contribution is -1.91. The van der Waals surface area contributed by atoms with Crippen LogP contribution >= 0.6 is 0 Å². The van der Waals surface area contributed by atoms with Crippen molar-refractivity contribution in [3.8, 4) is 11.4 Å². The van der Waals surface area contributed by atoms with Crippen LogP contribution in [0.25, 0.3) is 11.4 Å². The number of hydrogen-bond acceptors (Lipinski definition) is 4. The normalized spacial score (nSPS) is 10.3. The summed E-state index contributed by atoms with van der Waals surface area (Å²) < 4.78 is 4.80. The lowest BCUT2D eigenvalue weighted by atomic mass is 10.1. The average molecular weight is 202 g/mol. The second kappa shape index (κ2) is 3.65. The summed E-state index contributed by atoms with van der Waals surface area (Å²) in [6.45, 7) is 3.40. The van der Waals surface area contributed by atoms with Crippen molar-refractivity contribution in [2.75, 3.05) is 0 Å². The first-order valence-electron chi connectivity index (χ1n) is 4.58. The first kappa shape index (κ1) is 9.58. The SMILES string of the molecule is CC(=O)c1nc(-c2ccc(C)cc2)no1. The van der Waals surface area contributed by atoms with Gasteiger partial charge in [-0.1, -0.05) is 35.0 Å². The molecule has 4 heteroatoms. The van der Waals surface area contributed by atoms with Crippen molar-refractivity contribution in [3.63, 3.8) is 0 Å². The van der Waals surface area contributed by atoms with Gasteiger partial charge in [0, 0.05) is 12.5 Å². The van der Waals surface area contributed by atoms with Crippen molar-refractivity contribution in [2.45, 2.75) is 13.8 Å². The topological polar surface area (TPSA) is 56.0 Å². The third kappa shape index (κ3) is 1.93. The number of carbonyl (C=O) groups is 1. The molecule has 76 valence electrons. The minimum atomic E-state index is -0.221. The van der Waals surface area contributed by atoms with Gasteiger partial charge < -0.3 is 4.52 Å². The van der Waals surface area contributed by atoms with Crippen molar-refractivity contribution in [2.24, 2.45) is 0 Å². The van der Waals surface area contributed by atoms with Crippen LogP contribution < -0.4 is 0 Å². The molecule has 0 atom stereocenters. The third-order valence-electron chi connectivity index (χ3n) is 2.04. The summed E-state index contributed by atoms with van der Waals surface area (Å²) in [7, 11) is 0. The Morgan fingerprint density at radius 2 is 1.93 bits per heavy atom. The van der Waals surface area contributed by atoms with Crippen molar-refractivity contribution < 1.29 is 9.32 Å². The molecule has 1 heterocycles. The Hall–Kier alpha value is -1.97. The van der Waals surface area contributed by atoms with E-state index in [-0.39, 0.29) is 11.7 Å². The van der Waals surface area contributed by atoms with Crippen LogP contribution in [0.2, 0.25) is 0 Å². The highest BCUT2D eigenvalue weighted by atomic mass is 16.5. The predicted octanol–water partition coefficient (Wildman–Crippen LogP) is 2.25. The first-order valence-corrected chi connectivity index (χ1v) is 4.58. The molecule has 0 fully saturated rings. The monoisotopic (exact) mass is 202 g/mol. The number of ketones is 1. The maximum Gasteiger partial charge on any atom is 0.294 e. The van der Waals surface area contributed by atoms with E-state index in [0.717, 1.165) is 11.1 Å². The van der Waals surface area contributed by atoms with E-state index >= 15 is 0 Å². The number of aryl methyl sites for hydroxylation is 1. The van der Waals surface area contributed by atoms with Crippen LogP contribution in [-0.2, 0) is 0 Å². The van der Waals surface area contributed by atoms with Crippen LogP contribution in [-0.4, -0.2) is 15.9 Å². The quantitative estimate of drug-likeness (QED) is 0.701. The summed E-state index contributed by atoms with van der Waals surface area (Å²) in [4.78, 5) is 14.9. The number of nitrogens with zero attached hydrogens (tertiary/aromatic N) is 2. The van der Waals surface area contributed by atoms with E-state index in [1.807, 2.05) is 31.2 Å². The Morgan fingerprint density at radius 1 is 1.27 bits per heavy atom. The molecule has 0 saturated carbocycles. The molecule has 0 aliphatic heterocycles. The van der Waals surface area contributed by atoms with Gasteiger partial charge in [-0.3, -0.25) is 4.79 Å². The maximum atomic E-state index is 10.9. The molecule has 0 radical (unpaired) electrons. The Labute approximate surface area is 86.9 Å². The summed E-state index contributed by atoms with van der Waals surface area (Å²) in [5.74, 6) is 0.270. The standard InChI is InChI=1S/C11H10N2O2/c1-7-3-5-9(6-4-7)10-12-11(8(2)14)15-13-10/h3-6H,1-2H3. The van der Waals surface area contributed by atoms with Gasteiger partial charge in [0.15, 0.2) is 0 Å². The molecule has 0 unspecified atom stereocenters. The number of rotatable bonds is 2. The highest BCUT2D eigenvalue weighted by Crippen LogP contribution is 2.16. The van der Waals surface area contributed by atoms with Gasteiger partial charge >= 0.3 is 0 Å². The van der Waals surface area contributed by atoms with Crippen LogP contribution in [0.15, 0.2) is 28.8 Å². The van der Waals surface area contributed by atoms with E-state index in [1.165, 1.54) is 6.92 Å². The van der Waals surface area contributed by atoms with Crippen molar-refractivity contribution >= 4 is 5.78 Å². The Bertz CT molecular complexity index is 486. The van der Waals surface area contributed by atoms with Crippen LogP contribution in [0.5, 0.6) is 0 Å². The predicted molar refractivity (Wildman–Crippen MR) is 54.5 cm³/mol. The van der Waals surface area contributed by atoms with Gasteiger partial charge in [-0.2, -0.15) is 4.98 Å². The molecule has 0 spiro atoms. The van der Waals surface area contributed by atoms with Gasteiger partial charge in [-0.25, -0.2) is 0 Å². The van der Waals surface area contributed by atoms with E-state index in [2.05, 4.69) is 10.1 Å². The fraction of sp³-hybridized carbons (Fsp3) is 0.182. The molecule has 0 aliphatic rings. The Balaban J connectivity index is 2.37. The highest BCUT2D eigenvalue weighted by Gasteiger charge is 2.11. The van der Waals surface area contributed by atoms with Crippen LogP contribution in [0.4, 0.5) is 0 Å². The molecule has 0 bridgehead atoms. The van der Waals surface area contributed by atoms with Gasteiger partial charge in [0.1, 0.15) is 0 Å². The molecule has 2 rings (SSSR count). The van der Waals surface area contributed by atoms with Crippen LogP contribution in [0.1, 0.15) is 23.2 Å². The number of Topliss-reactive ketones (excluding diaryl/α,β-unsaturated/α-hetero) is 1. The fourth-order valence-electron chi connectivity index (χ4n) is 1.19. The summed E-state index contributed by atoms with van der Waals surface area (Å²) in [6, 6.07) is 7.70. The van der Waals surface area contributed by atoms with Crippen LogP contribution in [0, 0.1) is 6.92 Å². The summed E-state index contributed by atoms with van der Waals surface area (Å²) in [5.41, 5.74) is 2.01. The lowest BCUT2D eigenvalue weighted by molar-refractivity contribution is 0.0972. The van der Waals surface area contributed by atoms with Gasteiger partial charge in [0.25, 0.3) is 5.89 Å². The fourth-order valence-corrected chi connectivity index (χ4v) is 1.19. The molecule has 0 amide bonds. The second-order valence-corrected chi connectivity index (χ2v) is 3.35. The van der Waals surface area contributed by atoms with Crippen molar-refractivity contribution in [1.82, 2.24) is 10.1 Å². The van der Waals surface area contributed by atoms with Gasteiger partial charge in [-0.15, -0.1) is 0 Å².